The summed E-state index contributed by atoms with van der Waals surface area (Å²) in [6.45, 7) is 6.34. The zero-order valence-corrected chi connectivity index (χ0v) is 9.99. The molecule has 0 spiro atoms. The number of amides is 1. The van der Waals surface area contributed by atoms with Gasteiger partial charge >= 0.3 is 6.09 Å². The summed E-state index contributed by atoms with van der Waals surface area (Å²) in [6.07, 6.45) is -0.00267. The topological polar surface area (TPSA) is 70.6 Å². The molecule has 1 heterocycles. The minimum absolute atomic E-state index is 0.130. The number of hydrogen-bond acceptors (Lipinski definition) is 4. The Balaban J connectivity index is 1.88. The molecule has 1 saturated heterocycles. The van der Waals surface area contributed by atoms with E-state index < -0.39 is 17.8 Å². The summed E-state index contributed by atoms with van der Waals surface area (Å²) in [6, 6.07) is -0.0361. The minimum atomic E-state index is -0.495. The molecule has 1 amide bonds. The van der Waals surface area contributed by atoms with Gasteiger partial charge in [-0.3, -0.25) is 0 Å². The van der Waals surface area contributed by atoms with Crippen LogP contribution in [0.25, 0.3) is 0 Å². The second-order valence-corrected chi connectivity index (χ2v) is 5.67. The number of rotatable bonds is 1. The molecule has 5 nitrogen and oxygen atoms in total. The minimum Gasteiger partial charge on any atom is -0.444 e. The Morgan fingerprint density at radius 3 is 2.69 bits per heavy atom. The molecule has 4 atom stereocenters. The summed E-state index contributed by atoms with van der Waals surface area (Å²) in [7, 11) is 0. The molecule has 92 valence electrons. The molecule has 0 aromatic carbocycles. The van der Waals surface area contributed by atoms with Crippen LogP contribution < -0.4 is 10.6 Å². The van der Waals surface area contributed by atoms with E-state index in [9.17, 15) is 9.90 Å². The first-order valence-corrected chi connectivity index (χ1v) is 5.78. The maximum Gasteiger partial charge on any atom is 0.407 e. The van der Waals surface area contributed by atoms with Crippen molar-refractivity contribution in [1.82, 2.24) is 10.6 Å². The Morgan fingerprint density at radius 1 is 1.50 bits per heavy atom. The van der Waals surface area contributed by atoms with E-state index >= 15 is 0 Å². The number of alkyl carbamates (subject to hydrolysis) is 1. The van der Waals surface area contributed by atoms with Gasteiger partial charge in [-0.25, -0.2) is 4.79 Å². The number of carbonyl (C=O) groups excluding carboxylic acids is 1. The SMILES string of the molecule is CC(C)(C)OC(=O)N[C@@H]1[C@H]2CN[C@@H](C2)[C@H]1O. The average molecular weight is 228 g/mol. The smallest absolute Gasteiger partial charge is 0.407 e. The Morgan fingerprint density at radius 2 is 2.19 bits per heavy atom. The first-order valence-electron chi connectivity index (χ1n) is 5.78. The zero-order valence-electron chi connectivity index (χ0n) is 9.99. The molecule has 0 radical (unpaired) electrons. The average Bonchev–Trinajstić information content (AvgIpc) is 2.66. The van der Waals surface area contributed by atoms with Crippen LogP contribution in [-0.4, -0.2) is 41.5 Å². The highest BCUT2D eigenvalue weighted by Gasteiger charge is 2.47. The Hall–Kier alpha value is -0.810. The fourth-order valence-corrected chi connectivity index (χ4v) is 2.51. The fourth-order valence-electron chi connectivity index (χ4n) is 2.51. The van der Waals surface area contributed by atoms with Gasteiger partial charge in [-0.05, 0) is 33.1 Å². The summed E-state index contributed by atoms with van der Waals surface area (Å²) < 4.78 is 5.17. The third-order valence-corrected chi connectivity index (χ3v) is 3.17. The van der Waals surface area contributed by atoms with Crippen molar-refractivity contribution in [2.24, 2.45) is 5.92 Å². The third kappa shape index (κ3) is 2.30. The van der Waals surface area contributed by atoms with Crippen molar-refractivity contribution < 1.29 is 14.6 Å². The predicted octanol–water partition coefficient (Wildman–Crippen LogP) is 0.232. The molecule has 3 N–H and O–H groups in total. The molecular weight excluding hydrogens is 208 g/mol. The predicted molar refractivity (Wildman–Crippen MR) is 59.1 cm³/mol. The van der Waals surface area contributed by atoms with Crippen molar-refractivity contribution in [2.45, 2.75) is 51.0 Å². The number of aliphatic hydroxyl groups is 1. The lowest BCUT2D eigenvalue weighted by atomic mass is 10.0. The lowest BCUT2D eigenvalue weighted by Crippen LogP contribution is -2.54. The van der Waals surface area contributed by atoms with E-state index in [-0.39, 0.29) is 12.1 Å². The van der Waals surface area contributed by atoms with Crippen molar-refractivity contribution >= 4 is 6.09 Å². The lowest BCUT2D eigenvalue weighted by molar-refractivity contribution is 0.0377. The molecule has 1 saturated carbocycles. The van der Waals surface area contributed by atoms with Gasteiger partial charge in [0, 0.05) is 12.6 Å². The molecular formula is C11H20N2O3. The van der Waals surface area contributed by atoms with Gasteiger partial charge < -0.3 is 20.5 Å². The normalized spacial score (nSPS) is 37.5. The largest absolute Gasteiger partial charge is 0.444 e. The molecule has 1 aliphatic carbocycles. The summed E-state index contributed by atoms with van der Waals surface area (Å²) in [5.74, 6) is 0.326. The molecule has 2 bridgehead atoms. The van der Waals surface area contributed by atoms with Crippen LogP contribution in [0.5, 0.6) is 0 Å². The quantitative estimate of drug-likeness (QED) is 0.601. The first kappa shape index (κ1) is 11.7. The van der Waals surface area contributed by atoms with E-state index in [1.54, 1.807) is 0 Å². The third-order valence-electron chi connectivity index (χ3n) is 3.17. The van der Waals surface area contributed by atoms with E-state index in [0.29, 0.717) is 5.92 Å². The molecule has 0 aromatic rings. The zero-order chi connectivity index (χ0) is 11.9. The molecule has 2 rings (SSSR count). The highest BCUT2D eigenvalue weighted by atomic mass is 16.6. The van der Waals surface area contributed by atoms with E-state index in [1.807, 2.05) is 20.8 Å². The van der Waals surface area contributed by atoms with E-state index in [0.717, 1.165) is 13.0 Å². The van der Waals surface area contributed by atoms with Crippen LogP contribution in [0.15, 0.2) is 0 Å². The summed E-state index contributed by atoms with van der Waals surface area (Å²) in [5, 5.41) is 15.9. The summed E-state index contributed by atoms with van der Waals surface area (Å²) in [4.78, 5) is 11.6. The number of nitrogens with one attached hydrogen (secondary N) is 2. The van der Waals surface area contributed by atoms with Crippen molar-refractivity contribution in [2.75, 3.05) is 6.54 Å². The Labute approximate surface area is 95.5 Å². The van der Waals surface area contributed by atoms with Crippen molar-refractivity contribution in [3.63, 3.8) is 0 Å². The van der Waals surface area contributed by atoms with Crippen LogP contribution in [0.1, 0.15) is 27.2 Å². The van der Waals surface area contributed by atoms with Gasteiger partial charge in [0.2, 0.25) is 0 Å². The molecule has 0 aromatic heterocycles. The van der Waals surface area contributed by atoms with E-state index in [1.165, 1.54) is 0 Å². The van der Waals surface area contributed by atoms with Crippen molar-refractivity contribution in [3.05, 3.63) is 0 Å². The van der Waals surface area contributed by atoms with E-state index in [4.69, 9.17) is 4.74 Å². The molecule has 2 aliphatic rings. The van der Waals surface area contributed by atoms with Crippen LogP contribution in [0, 0.1) is 5.92 Å². The Kier molecular flexibility index (Phi) is 2.84. The summed E-state index contributed by atoms with van der Waals surface area (Å²) in [5.41, 5.74) is -0.495. The van der Waals surface area contributed by atoms with Gasteiger partial charge in [0.15, 0.2) is 0 Å². The fraction of sp³-hybridized carbons (Fsp3) is 0.909. The highest BCUT2D eigenvalue weighted by molar-refractivity contribution is 5.68. The lowest BCUT2D eigenvalue weighted by Gasteiger charge is -2.29. The van der Waals surface area contributed by atoms with Crippen molar-refractivity contribution in [3.8, 4) is 0 Å². The molecule has 2 fully saturated rings. The molecule has 0 unspecified atom stereocenters. The maximum atomic E-state index is 11.6. The molecule has 5 heteroatoms. The maximum absolute atomic E-state index is 11.6. The molecule has 1 aliphatic heterocycles. The van der Waals surface area contributed by atoms with Gasteiger partial charge in [-0.15, -0.1) is 0 Å². The van der Waals surface area contributed by atoms with Crippen molar-refractivity contribution in [1.29, 1.82) is 0 Å². The standard InChI is InChI=1S/C11H20N2O3/c1-11(2,3)16-10(15)13-8-6-4-7(9(8)14)12-5-6/h6-9,12,14H,4-5H2,1-3H3,(H,13,15)/t6-,7+,8-,9-/m1/s1. The second-order valence-electron chi connectivity index (χ2n) is 5.67. The number of fused-ring (bicyclic) bond motifs is 2. The van der Waals surface area contributed by atoms with Crippen LogP contribution in [0.2, 0.25) is 0 Å². The van der Waals surface area contributed by atoms with Crippen LogP contribution in [0.3, 0.4) is 0 Å². The number of carbonyl (C=O) groups is 1. The van der Waals surface area contributed by atoms with Crippen LogP contribution in [0.4, 0.5) is 4.79 Å². The van der Waals surface area contributed by atoms with Gasteiger partial charge in [0.25, 0.3) is 0 Å². The van der Waals surface area contributed by atoms with Crippen LogP contribution >= 0.6 is 0 Å². The Bertz CT molecular complexity index is 285. The van der Waals surface area contributed by atoms with Gasteiger partial charge in [0.1, 0.15) is 5.60 Å². The first-order chi connectivity index (χ1) is 7.37. The number of aliphatic hydroxyl groups excluding tert-OH is 1. The second kappa shape index (κ2) is 3.89. The molecule has 16 heavy (non-hydrogen) atoms. The van der Waals surface area contributed by atoms with Gasteiger partial charge in [-0.2, -0.15) is 0 Å². The number of hydrogen-bond donors (Lipinski definition) is 3. The highest BCUT2D eigenvalue weighted by Crippen LogP contribution is 2.31. The monoisotopic (exact) mass is 228 g/mol. The van der Waals surface area contributed by atoms with Gasteiger partial charge in [-0.1, -0.05) is 0 Å². The number of piperidine rings is 1. The van der Waals surface area contributed by atoms with Gasteiger partial charge in [0.05, 0.1) is 12.1 Å². The summed E-state index contributed by atoms with van der Waals surface area (Å²) >= 11 is 0. The van der Waals surface area contributed by atoms with E-state index in [2.05, 4.69) is 10.6 Å². The van der Waals surface area contributed by atoms with Crippen LogP contribution in [-0.2, 0) is 4.74 Å². The number of ether oxygens (including phenoxy) is 1.